The summed E-state index contributed by atoms with van der Waals surface area (Å²) in [7, 11) is 3.96. The van der Waals surface area contributed by atoms with E-state index in [1.54, 1.807) is 0 Å². The van der Waals surface area contributed by atoms with Gasteiger partial charge in [-0.15, -0.1) is 0 Å². The Morgan fingerprint density at radius 2 is 1.91 bits per heavy atom. The number of aryl methyl sites for hydroxylation is 1. The van der Waals surface area contributed by atoms with Crippen molar-refractivity contribution in [3.63, 3.8) is 0 Å². The van der Waals surface area contributed by atoms with Crippen molar-refractivity contribution in [3.05, 3.63) is 36.7 Å². The summed E-state index contributed by atoms with van der Waals surface area (Å²) in [6.07, 6.45) is 3.77. The van der Waals surface area contributed by atoms with Crippen LogP contribution in [-0.4, -0.2) is 22.6 Å². The Balaban J connectivity index is 1.97. The lowest BCUT2D eigenvalue weighted by atomic mass is 9.84. The van der Waals surface area contributed by atoms with Crippen LogP contribution in [0, 0.1) is 5.92 Å². The van der Waals surface area contributed by atoms with Gasteiger partial charge in [0.2, 0.25) is 0 Å². The summed E-state index contributed by atoms with van der Waals surface area (Å²) < 4.78 is 8.20. The molecule has 0 saturated heterocycles. The maximum atomic E-state index is 5.99. The van der Waals surface area contributed by atoms with E-state index in [9.17, 15) is 0 Å². The molecule has 22 heavy (non-hydrogen) atoms. The molecule has 0 bridgehead atoms. The molecule has 3 nitrogen and oxygen atoms in total. The van der Waals surface area contributed by atoms with Crippen LogP contribution in [0.3, 0.4) is 0 Å². The average Bonchev–Trinajstić information content (AvgIpc) is 2.79. The van der Waals surface area contributed by atoms with Gasteiger partial charge in [-0.05, 0) is 31.9 Å². The molecule has 0 aliphatic carbocycles. The summed E-state index contributed by atoms with van der Waals surface area (Å²) in [5.41, 5.74) is 3.31. The molecular formula is C18H22BN2O. The molecule has 0 spiro atoms. The Bertz CT molecular complexity index is 820. The minimum absolute atomic E-state index is 0.169. The highest BCUT2D eigenvalue weighted by molar-refractivity contribution is 6.47. The predicted molar refractivity (Wildman–Crippen MR) is 93.6 cm³/mol. The monoisotopic (exact) mass is 293 g/mol. The maximum absolute atomic E-state index is 5.99. The van der Waals surface area contributed by atoms with Gasteiger partial charge in [-0.25, -0.2) is 0 Å². The Hall–Kier alpha value is -1.81. The first-order chi connectivity index (χ1) is 10.4. The van der Waals surface area contributed by atoms with Crippen LogP contribution in [0.5, 0.6) is 0 Å². The van der Waals surface area contributed by atoms with Crippen LogP contribution in [0.4, 0.5) is 0 Å². The highest BCUT2D eigenvalue weighted by Crippen LogP contribution is 2.26. The van der Waals surface area contributed by atoms with E-state index in [1.807, 2.05) is 19.9 Å². The summed E-state index contributed by atoms with van der Waals surface area (Å²) in [5.74, 6) is 0.455. The molecule has 113 valence electrons. The standard InChI is InChI=1S/C18H22BN2O/c1-12(2)18(3,4)22-19-13-6-7-14-15-11-20-9-8-16(15)21(5)17(14)10-13/h6-12H,1-5H3. The molecule has 0 aliphatic rings. The number of aromatic nitrogens is 2. The maximum Gasteiger partial charge on any atom is 0.330 e. The highest BCUT2D eigenvalue weighted by atomic mass is 16.5. The summed E-state index contributed by atoms with van der Waals surface area (Å²) in [5, 5.41) is 2.42. The van der Waals surface area contributed by atoms with Crippen LogP contribution in [0.25, 0.3) is 21.8 Å². The number of hydrogen-bond donors (Lipinski definition) is 0. The van der Waals surface area contributed by atoms with Crippen LogP contribution in [-0.2, 0) is 11.7 Å². The van der Waals surface area contributed by atoms with Crippen LogP contribution in [0.1, 0.15) is 27.7 Å². The Morgan fingerprint density at radius 3 is 2.64 bits per heavy atom. The number of hydrogen-bond acceptors (Lipinski definition) is 2. The van der Waals surface area contributed by atoms with Crippen LogP contribution >= 0.6 is 0 Å². The van der Waals surface area contributed by atoms with Gasteiger partial charge >= 0.3 is 7.48 Å². The first-order valence-corrected chi connectivity index (χ1v) is 7.73. The van der Waals surface area contributed by atoms with E-state index in [-0.39, 0.29) is 5.60 Å². The fourth-order valence-electron chi connectivity index (χ4n) is 2.50. The number of benzene rings is 1. The molecule has 4 heteroatoms. The Labute approximate surface area is 132 Å². The van der Waals surface area contributed by atoms with Crippen molar-refractivity contribution in [2.24, 2.45) is 13.0 Å². The molecule has 1 radical (unpaired) electrons. The van der Waals surface area contributed by atoms with Crippen molar-refractivity contribution in [3.8, 4) is 0 Å². The van der Waals surface area contributed by atoms with Crippen LogP contribution < -0.4 is 5.46 Å². The van der Waals surface area contributed by atoms with Crippen molar-refractivity contribution < 1.29 is 4.65 Å². The van der Waals surface area contributed by atoms with Crippen LogP contribution in [0.2, 0.25) is 0 Å². The second-order valence-electron chi connectivity index (χ2n) is 6.72. The summed E-state index contributed by atoms with van der Waals surface area (Å²) in [4.78, 5) is 4.24. The van der Waals surface area contributed by atoms with Gasteiger partial charge in [0.15, 0.2) is 0 Å². The van der Waals surface area contributed by atoms with Crippen molar-refractivity contribution in [2.75, 3.05) is 0 Å². The minimum atomic E-state index is -0.169. The molecule has 0 saturated carbocycles. The van der Waals surface area contributed by atoms with E-state index < -0.39 is 0 Å². The minimum Gasteiger partial charge on any atom is -0.429 e. The van der Waals surface area contributed by atoms with Gasteiger partial charge in [0.25, 0.3) is 0 Å². The molecular weight excluding hydrogens is 271 g/mol. The number of fused-ring (bicyclic) bond motifs is 3. The molecule has 0 fully saturated rings. The van der Waals surface area contributed by atoms with Gasteiger partial charge in [0.1, 0.15) is 0 Å². The van der Waals surface area contributed by atoms with E-state index in [0.29, 0.717) is 5.92 Å². The average molecular weight is 293 g/mol. The van der Waals surface area contributed by atoms with Gasteiger partial charge in [-0.1, -0.05) is 31.4 Å². The summed E-state index contributed by atoms with van der Waals surface area (Å²) in [6, 6.07) is 8.48. The lowest BCUT2D eigenvalue weighted by Crippen LogP contribution is -2.36. The first kappa shape index (κ1) is 15.1. The normalized spacial score (nSPS) is 12.5. The number of pyridine rings is 1. The van der Waals surface area contributed by atoms with Crippen molar-refractivity contribution in [1.29, 1.82) is 0 Å². The molecule has 1 aromatic carbocycles. The van der Waals surface area contributed by atoms with Crippen molar-refractivity contribution in [1.82, 2.24) is 9.55 Å². The lowest BCUT2D eigenvalue weighted by molar-refractivity contribution is 0.0668. The smallest absolute Gasteiger partial charge is 0.330 e. The topological polar surface area (TPSA) is 27.1 Å². The quantitative estimate of drug-likeness (QED) is 0.689. The third kappa shape index (κ3) is 2.52. The van der Waals surface area contributed by atoms with E-state index in [2.05, 4.69) is 68.6 Å². The molecule has 0 atom stereocenters. The molecule has 2 heterocycles. The highest BCUT2D eigenvalue weighted by Gasteiger charge is 2.23. The second kappa shape index (κ2) is 5.43. The molecule has 0 aliphatic heterocycles. The van der Waals surface area contributed by atoms with Gasteiger partial charge in [-0.3, -0.25) is 4.98 Å². The zero-order chi connectivity index (χ0) is 15.9. The van der Waals surface area contributed by atoms with Gasteiger partial charge in [-0.2, -0.15) is 0 Å². The third-order valence-corrected chi connectivity index (χ3v) is 4.72. The molecule has 0 amide bonds. The van der Waals surface area contributed by atoms with E-state index in [4.69, 9.17) is 4.65 Å². The third-order valence-electron chi connectivity index (χ3n) is 4.72. The SMILES string of the molecule is CC(C)C(C)(C)O[B]c1ccc2c3cnccc3n(C)c2c1. The Kier molecular flexibility index (Phi) is 3.73. The summed E-state index contributed by atoms with van der Waals surface area (Å²) in [6.45, 7) is 8.59. The fraction of sp³-hybridized carbons (Fsp3) is 0.389. The summed E-state index contributed by atoms with van der Waals surface area (Å²) >= 11 is 0. The molecule has 0 N–H and O–H groups in total. The largest absolute Gasteiger partial charge is 0.429 e. The molecule has 3 aromatic rings. The van der Waals surface area contributed by atoms with Crippen molar-refractivity contribution in [2.45, 2.75) is 33.3 Å². The molecule has 2 aromatic heterocycles. The van der Waals surface area contributed by atoms with Gasteiger partial charge in [0, 0.05) is 41.3 Å². The van der Waals surface area contributed by atoms with Gasteiger partial charge in [0.05, 0.1) is 5.52 Å². The van der Waals surface area contributed by atoms with Crippen LogP contribution in [0.15, 0.2) is 36.7 Å². The zero-order valence-electron chi connectivity index (χ0n) is 13.9. The van der Waals surface area contributed by atoms with Gasteiger partial charge < -0.3 is 9.22 Å². The molecule has 0 unspecified atom stereocenters. The second-order valence-corrected chi connectivity index (χ2v) is 6.72. The fourth-order valence-corrected chi connectivity index (χ4v) is 2.50. The lowest BCUT2D eigenvalue weighted by Gasteiger charge is -2.30. The number of rotatable bonds is 4. The number of nitrogens with zero attached hydrogens (tertiary/aromatic N) is 2. The van der Waals surface area contributed by atoms with E-state index in [1.165, 1.54) is 21.8 Å². The zero-order valence-corrected chi connectivity index (χ0v) is 13.9. The predicted octanol–water partition coefficient (Wildman–Crippen LogP) is 3.42. The first-order valence-electron chi connectivity index (χ1n) is 7.73. The van der Waals surface area contributed by atoms with Crippen molar-refractivity contribution >= 4 is 34.8 Å². The Morgan fingerprint density at radius 1 is 1.14 bits per heavy atom. The van der Waals surface area contributed by atoms with E-state index in [0.717, 1.165) is 5.46 Å². The molecule has 3 rings (SSSR count). The van der Waals surface area contributed by atoms with E-state index >= 15 is 0 Å².